The molecule has 2 aromatic rings. The minimum Gasteiger partial charge on any atom is -0.506 e. The zero-order valence-electron chi connectivity index (χ0n) is 11.9. The number of hydrogen-bond donors (Lipinski definition) is 1. The van der Waals surface area contributed by atoms with Crippen molar-refractivity contribution in [3.63, 3.8) is 0 Å². The summed E-state index contributed by atoms with van der Waals surface area (Å²) in [6.45, 7) is 4.46. The molecule has 4 nitrogen and oxygen atoms in total. The topological polar surface area (TPSA) is 53.7 Å². The Hall–Kier alpha value is -1.75. The van der Waals surface area contributed by atoms with E-state index >= 15 is 0 Å². The summed E-state index contributed by atoms with van der Waals surface area (Å²) in [4.78, 5) is 14.4. The van der Waals surface area contributed by atoms with Crippen LogP contribution in [0.3, 0.4) is 0 Å². The summed E-state index contributed by atoms with van der Waals surface area (Å²) < 4.78 is 5.91. The molecule has 0 saturated carbocycles. The van der Waals surface area contributed by atoms with Crippen LogP contribution in [0.5, 0.6) is 5.75 Å². The summed E-state index contributed by atoms with van der Waals surface area (Å²) in [5.41, 5.74) is 2.15. The maximum Gasteiger partial charge on any atom is 0.261 e. The summed E-state index contributed by atoms with van der Waals surface area (Å²) in [6.07, 6.45) is 0.875. The van der Waals surface area contributed by atoms with E-state index in [1.807, 2.05) is 12.1 Å². The Balaban J connectivity index is 2.07. The second-order valence-corrected chi connectivity index (χ2v) is 6.16. The molecule has 0 saturated heterocycles. The molecule has 0 bridgehead atoms. The van der Waals surface area contributed by atoms with Crippen molar-refractivity contribution in [1.29, 1.82) is 0 Å². The molecule has 1 aliphatic heterocycles. The number of aromatic hydroxyl groups is 1. The monoisotopic (exact) mass is 349 g/mol. The molecule has 1 aromatic heterocycles. The van der Waals surface area contributed by atoms with E-state index in [0.717, 1.165) is 12.0 Å². The first-order valence-corrected chi connectivity index (χ1v) is 7.68. The van der Waals surface area contributed by atoms with Crippen LogP contribution < -0.4 is 4.90 Å². The molecule has 0 aliphatic carbocycles. The zero-order valence-corrected chi connectivity index (χ0v) is 13.5. The molecule has 21 heavy (non-hydrogen) atoms. The summed E-state index contributed by atoms with van der Waals surface area (Å²) in [5, 5.41) is 10.2. The molecular formula is C16H16BrNO3. The van der Waals surface area contributed by atoms with Crippen molar-refractivity contribution in [2.45, 2.75) is 26.2 Å². The third-order valence-corrected chi connectivity index (χ3v) is 4.39. The summed E-state index contributed by atoms with van der Waals surface area (Å²) in [6, 6.07) is 7.08. The highest BCUT2D eigenvalue weighted by Gasteiger charge is 2.31. The standard InChI is InChI=1S/C16H16BrNO3/c1-9-6-7-18(15-11(9)4-3-5-13(15)19)16(20)12-8-14(17)21-10(12)2/h3-5,8-9,19H,6-7H2,1-2H3. The Morgan fingerprint density at radius 3 is 2.90 bits per heavy atom. The first kappa shape index (κ1) is 14.2. The SMILES string of the molecule is Cc1oc(Br)cc1C(=O)N1CCC(C)c2cccc(O)c21. The van der Waals surface area contributed by atoms with E-state index < -0.39 is 0 Å². The number of phenols is 1. The van der Waals surface area contributed by atoms with Gasteiger partial charge >= 0.3 is 0 Å². The number of fused-ring (bicyclic) bond motifs is 1. The number of carbonyl (C=O) groups is 1. The first-order chi connectivity index (χ1) is 9.99. The third kappa shape index (κ3) is 2.35. The van der Waals surface area contributed by atoms with E-state index in [0.29, 0.717) is 34.1 Å². The number of phenolic OH excluding ortho intramolecular Hbond substituents is 1. The fraction of sp³-hybridized carbons (Fsp3) is 0.312. The number of amides is 1. The van der Waals surface area contributed by atoms with E-state index in [4.69, 9.17) is 4.42 Å². The van der Waals surface area contributed by atoms with Gasteiger partial charge in [-0.3, -0.25) is 4.79 Å². The van der Waals surface area contributed by atoms with Crippen molar-refractivity contribution in [2.24, 2.45) is 0 Å². The largest absolute Gasteiger partial charge is 0.506 e. The number of halogens is 1. The van der Waals surface area contributed by atoms with E-state index in [1.54, 1.807) is 24.0 Å². The highest BCUT2D eigenvalue weighted by Crippen LogP contribution is 2.41. The molecule has 1 unspecified atom stereocenters. The van der Waals surface area contributed by atoms with E-state index in [9.17, 15) is 9.90 Å². The number of furan rings is 1. The van der Waals surface area contributed by atoms with Crippen molar-refractivity contribution < 1.29 is 14.3 Å². The predicted octanol–water partition coefficient (Wildman–Crippen LogP) is 4.21. The van der Waals surface area contributed by atoms with E-state index in [1.165, 1.54) is 0 Å². The molecule has 0 spiro atoms. The molecule has 1 N–H and O–H groups in total. The highest BCUT2D eigenvalue weighted by molar-refractivity contribution is 9.10. The average Bonchev–Trinajstić information content (AvgIpc) is 2.78. The molecule has 1 amide bonds. The van der Waals surface area contributed by atoms with Gasteiger partial charge in [0.15, 0.2) is 4.67 Å². The third-order valence-electron chi connectivity index (χ3n) is 4.00. The number of aryl methyl sites for hydroxylation is 1. The Kier molecular flexibility index (Phi) is 3.53. The minimum absolute atomic E-state index is 0.142. The molecule has 1 atom stereocenters. The lowest BCUT2D eigenvalue weighted by molar-refractivity contribution is 0.0982. The van der Waals surface area contributed by atoms with Crippen LogP contribution in [0.1, 0.15) is 40.9 Å². The number of nitrogens with zero attached hydrogens (tertiary/aromatic N) is 1. The normalized spacial score (nSPS) is 17.7. The molecule has 3 rings (SSSR count). The lowest BCUT2D eigenvalue weighted by Gasteiger charge is -2.33. The highest BCUT2D eigenvalue weighted by atomic mass is 79.9. The molecule has 1 aromatic carbocycles. The number of anilines is 1. The Bertz CT molecular complexity index is 708. The van der Waals surface area contributed by atoms with Crippen molar-refractivity contribution in [3.05, 3.63) is 45.8 Å². The molecular weight excluding hydrogens is 334 g/mol. The van der Waals surface area contributed by atoms with Gasteiger partial charge < -0.3 is 14.4 Å². The van der Waals surface area contributed by atoms with Crippen LogP contribution in [0.2, 0.25) is 0 Å². The van der Waals surface area contributed by atoms with E-state index in [-0.39, 0.29) is 11.7 Å². The van der Waals surface area contributed by atoms with Gasteiger partial charge in [-0.2, -0.15) is 0 Å². The van der Waals surface area contributed by atoms with Crippen LogP contribution in [-0.2, 0) is 0 Å². The molecule has 5 heteroatoms. The second kappa shape index (κ2) is 5.22. The van der Waals surface area contributed by atoms with Crippen LogP contribution in [0, 0.1) is 6.92 Å². The Morgan fingerprint density at radius 2 is 2.24 bits per heavy atom. The summed E-state index contributed by atoms with van der Waals surface area (Å²) in [5.74, 6) is 0.903. The van der Waals surface area contributed by atoms with Gasteiger partial charge in [-0.1, -0.05) is 19.1 Å². The maximum atomic E-state index is 12.8. The average molecular weight is 350 g/mol. The lowest BCUT2D eigenvalue weighted by Crippen LogP contribution is -2.36. The molecule has 0 fully saturated rings. The number of benzene rings is 1. The smallest absolute Gasteiger partial charge is 0.261 e. The molecule has 110 valence electrons. The van der Waals surface area contributed by atoms with Gasteiger partial charge in [-0.05, 0) is 46.8 Å². The predicted molar refractivity (Wildman–Crippen MR) is 84.0 cm³/mol. The quantitative estimate of drug-likeness (QED) is 0.838. The van der Waals surface area contributed by atoms with Crippen molar-refractivity contribution >= 4 is 27.5 Å². The van der Waals surface area contributed by atoms with Crippen LogP contribution in [0.4, 0.5) is 5.69 Å². The lowest BCUT2D eigenvalue weighted by atomic mass is 9.90. The molecule has 1 aliphatic rings. The van der Waals surface area contributed by atoms with Gasteiger partial charge in [-0.15, -0.1) is 0 Å². The Morgan fingerprint density at radius 1 is 1.48 bits per heavy atom. The molecule has 0 radical (unpaired) electrons. The number of carbonyl (C=O) groups excluding carboxylic acids is 1. The second-order valence-electron chi connectivity index (χ2n) is 5.38. The van der Waals surface area contributed by atoms with Crippen LogP contribution >= 0.6 is 15.9 Å². The van der Waals surface area contributed by atoms with Crippen LogP contribution in [-0.4, -0.2) is 17.6 Å². The first-order valence-electron chi connectivity index (χ1n) is 6.88. The van der Waals surface area contributed by atoms with Crippen LogP contribution in [0.25, 0.3) is 0 Å². The van der Waals surface area contributed by atoms with Gasteiger partial charge in [0.05, 0.1) is 11.3 Å². The number of para-hydroxylation sites is 1. The van der Waals surface area contributed by atoms with Gasteiger partial charge in [-0.25, -0.2) is 0 Å². The van der Waals surface area contributed by atoms with Gasteiger partial charge in [0.25, 0.3) is 5.91 Å². The van der Waals surface area contributed by atoms with Gasteiger partial charge in [0, 0.05) is 12.6 Å². The Labute approximate surface area is 131 Å². The number of rotatable bonds is 1. The summed E-state index contributed by atoms with van der Waals surface area (Å²) >= 11 is 3.24. The summed E-state index contributed by atoms with van der Waals surface area (Å²) in [7, 11) is 0. The number of hydrogen-bond acceptors (Lipinski definition) is 3. The minimum atomic E-state index is -0.142. The van der Waals surface area contributed by atoms with Gasteiger partial charge in [0.1, 0.15) is 11.5 Å². The maximum absolute atomic E-state index is 12.8. The fourth-order valence-electron chi connectivity index (χ4n) is 2.84. The fourth-order valence-corrected chi connectivity index (χ4v) is 3.31. The molecule has 2 heterocycles. The van der Waals surface area contributed by atoms with Crippen molar-refractivity contribution in [3.8, 4) is 5.75 Å². The van der Waals surface area contributed by atoms with Gasteiger partial charge in [0.2, 0.25) is 0 Å². The zero-order chi connectivity index (χ0) is 15.1. The van der Waals surface area contributed by atoms with Crippen molar-refractivity contribution in [1.82, 2.24) is 0 Å². The van der Waals surface area contributed by atoms with Crippen LogP contribution in [0.15, 0.2) is 33.4 Å². The van der Waals surface area contributed by atoms with E-state index in [2.05, 4.69) is 22.9 Å². The van der Waals surface area contributed by atoms with Crippen molar-refractivity contribution in [2.75, 3.05) is 11.4 Å².